The number of benzene rings is 1. The van der Waals surface area contributed by atoms with Gasteiger partial charge in [-0.15, -0.1) is 0 Å². The molecule has 12 heavy (non-hydrogen) atoms. The minimum Gasteiger partial charge on any atom is -0.274 e. The van der Waals surface area contributed by atoms with Crippen molar-refractivity contribution in [1.82, 2.24) is 0 Å². The Bertz CT molecular complexity index is 301. The molecular formula is C8H7Cl2NO. The van der Waals surface area contributed by atoms with Crippen molar-refractivity contribution < 1.29 is 4.79 Å². The molecule has 0 radical (unpaired) electrons. The Morgan fingerprint density at radius 3 is 2.50 bits per heavy atom. The number of halogens is 2. The SMILES string of the molecule is CC(=O)N(Cl)c1ccccc1Cl. The average Bonchev–Trinajstić information content (AvgIpc) is 2.04. The van der Waals surface area contributed by atoms with Gasteiger partial charge in [0.05, 0.1) is 10.7 Å². The number of para-hydroxylation sites is 1. The second-order valence-electron chi connectivity index (χ2n) is 2.25. The molecule has 0 aliphatic carbocycles. The van der Waals surface area contributed by atoms with Crippen molar-refractivity contribution in [2.45, 2.75) is 6.92 Å². The van der Waals surface area contributed by atoms with Crippen LogP contribution in [0.2, 0.25) is 5.02 Å². The highest BCUT2D eigenvalue weighted by molar-refractivity contribution is 6.41. The zero-order valence-corrected chi connectivity index (χ0v) is 7.93. The molecule has 0 spiro atoms. The highest BCUT2D eigenvalue weighted by Gasteiger charge is 2.10. The number of hydrogen-bond donors (Lipinski definition) is 0. The van der Waals surface area contributed by atoms with Crippen LogP contribution in [-0.4, -0.2) is 5.91 Å². The lowest BCUT2D eigenvalue weighted by molar-refractivity contribution is -0.115. The van der Waals surface area contributed by atoms with Gasteiger partial charge in [-0.3, -0.25) is 4.79 Å². The maximum Gasteiger partial charge on any atom is 0.238 e. The molecule has 0 atom stereocenters. The first-order valence-electron chi connectivity index (χ1n) is 3.34. The van der Waals surface area contributed by atoms with Gasteiger partial charge in [-0.2, -0.15) is 0 Å². The molecule has 0 heterocycles. The lowest BCUT2D eigenvalue weighted by Crippen LogP contribution is -2.16. The number of carbonyl (C=O) groups is 1. The topological polar surface area (TPSA) is 20.3 Å². The fourth-order valence-electron chi connectivity index (χ4n) is 0.781. The number of nitrogens with zero attached hydrogens (tertiary/aromatic N) is 1. The Balaban J connectivity index is 3.02. The zero-order valence-electron chi connectivity index (χ0n) is 6.42. The molecule has 1 amide bonds. The predicted octanol–water partition coefficient (Wildman–Crippen LogP) is 2.85. The van der Waals surface area contributed by atoms with Crippen LogP contribution in [0.1, 0.15) is 6.92 Å². The number of amides is 1. The quantitative estimate of drug-likeness (QED) is 0.644. The van der Waals surface area contributed by atoms with E-state index >= 15 is 0 Å². The first kappa shape index (κ1) is 9.36. The molecule has 0 saturated carbocycles. The Morgan fingerprint density at radius 1 is 1.42 bits per heavy atom. The predicted molar refractivity (Wildman–Crippen MR) is 50.5 cm³/mol. The molecule has 0 unspecified atom stereocenters. The van der Waals surface area contributed by atoms with Gasteiger partial charge in [-0.25, -0.2) is 4.42 Å². The Kier molecular flexibility index (Phi) is 2.95. The van der Waals surface area contributed by atoms with Gasteiger partial charge in [0.25, 0.3) is 0 Å². The molecule has 0 saturated heterocycles. The van der Waals surface area contributed by atoms with E-state index in [1.807, 2.05) is 0 Å². The van der Waals surface area contributed by atoms with Crippen molar-refractivity contribution in [3.8, 4) is 0 Å². The van der Waals surface area contributed by atoms with E-state index in [1.165, 1.54) is 6.92 Å². The minimum absolute atomic E-state index is 0.259. The summed E-state index contributed by atoms with van der Waals surface area (Å²) in [5, 5.41) is 0.461. The zero-order chi connectivity index (χ0) is 9.14. The van der Waals surface area contributed by atoms with Crippen LogP contribution in [-0.2, 0) is 4.79 Å². The summed E-state index contributed by atoms with van der Waals surface area (Å²) >= 11 is 11.4. The van der Waals surface area contributed by atoms with Gasteiger partial charge in [0, 0.05) is 18.7 Å². The Morgan fingerprint density at radius 2 is 2.00 bits per heavy atom. The Labute approximate surface area is 80.8 Å². The molecule has 1 aromatic rings. The van der Waals surface area contributed by atoms with Crippen molar-refractivity contribution >= 4 is 35.0 Å². The van der Waals surface area contributed by atoms with E-state index in [1.54, 1.807) is 24.3 Å². The van der Waals surface area contributed by atoms with Gasteiger partial charge in [-0.1, -0.05) is 23.7 Å². The van der Waals surface area contributed by atoms with Crippen molar-refractivity contribution in [3.05, 3.63) is 29.3 Å². The van der Waals surface area contributed by atoms with Crippen LogP contribution in [0.5, 0.6) is 0 Å². The Hall–Kier alpha value is -0.730. The molecule has 0 bridgehead atoms. The van der Waals surface area contributed by atoms with Crippen molar-refractivity contribution in [3.63, 3.8) is 0 Å². The van der Waals surface area contributed by atoms with Gasteiger partial charge in [-0.05, 0) is 12.1 Å². The number of hydrogen-bond acceptors (Lipinski definition) is 1. The standard InChI is InChI=1S/C8H7Cl2NO/c1-6(12)11(10)8-5-3-2-4-7(8)9/h2-5H,1H3. The molecular weight excluding hydrogens is 197 g/mol. The summed E-state index contributed by atoms with van der Waals surface area (Å²) in [6, 6.07) is 6.89. The van der Waals surface area contributed by atoms with Crippen LogP contribution in [0, 0.1) is 0 Å². The highest BCUT2D eigenvalue weighted by Crippen LogP contribution is 2.26. The summed E-state index contributed by atoms with van der Waals surface area (Å²) < 4.78 is 0.988. The normalized spacial score (nSPS) is 9.58. The van der Waals surface area contributed by atoms with E-state index in [-0.39, 0.29) is 5.91 Å². The molecule has 4 heteroatoms. The summed E-state index contributed by atoms with van der Waals surface area (Å²) in [6.07, 6.45) is 0. The molecule has 2 nitrogen and oxygen atoms in total. The smallest absolute Gasteiger partial charge is 0.238 e. The van der Waals surface area contributed by atoms with Crippen molar-refractivity contribution in [2.24, 2.45) is 0 Å². The third-order valence-corrected chi connectivity index (χ3v) is 2.08. The summed E-state index contributed by atoms with van der Waals surface area (Å²) in [5.41, 5.74) is 0.508. The van der Waals surface area contributed by atoms with E-state index in [2.05, 4.69) is 0 Å². The first-order valence-corrected chi connectivity index (χ1v) is 4.05. The van der Waals surface area contributed by atoms with Gasteiger partial charge in [0.2, 0.25) is 5.91 Å². The van der Waals surface area contributed by atoms with E-state index in [0.717, 1.165) is 4.42 Å². The molecule has 64 valence electrons. The third-order valence-electron chi connectivity index (χ3n) is 1.34. The summed E-state index contributed by atoms with van der Waals surface area (Å²) in [4.78, 5) is 10.8. The van der Waals surface area contributed by atoms with E-state index in [9.17, 15) is 4.79 Å². The fraction of sp³-hybridized carbons (Fsp3) is 0.125. The monoisotopic (exact) mass is 203 g/mol. The van der Waals surface area contributed by atoms with Crippen LogP contribution in [0.3, 0.4) is 0 Å². The maximum absolute atomic E-state index is 10.8. The van der Waals surface area contributed by atoms with Gasteiger partial charge < -0.3 is 0 Å². The fourth-order valence-corrected chi connectivity index (χ4v) is 1.19. The largest absolute Gasteiger partial charge is 0.274 e. The molecule has 0 N–H and O–H groups in total. The van der Waals surface area contributed by atoms with E-state index in [4.69, 9.17) is 23.4 Å². The van der Waals surface area contributed by atoms with Gasteiger partial charge in [0.1, 0.15) is 0 Å². The molecule has 0 aliphatic heterocycles. The highest BCUT2D eigenvalue weighted by atomic mass is 35.5. The van der Waals surface area contributed by atoms with Gasteiger partial charge >= 0.3 is 0 Å². The van der Waals surface area contributed by atoms with Crippen LogP contribution in [0.4, 0.5) is 5.69 Å². The van der Waals surface area contributed by atoms with Crippen LogP contribution in [0.25, 0.3) is 0 Å². The maximum atomic E-state index is 10.8. The minimum atomic E-state index is -0.259. The molecule has 0 aromatic heterocycles. The molecule has 0 aliphatic rings. The summed E-state index contributed by atoms with van der Waals surface area (Å²) in [6.45, 7) is 1.37. The molecule has 1 aromatic carbocycles. The van der Waals surface area contributed by atoms with Crippen molar-refractivity contribution in [1.29, 1.82) is 0 Å². The number of rotatable bonds is 1. The average molecular weight is 204 g/mol. The van der Waals surface area contributed by atoms with Crippen molar-refractivity contribution in [2.75, 3.05) is 4.42 Å². The first-order chi connectivity index (χ1) is 5.63. The summed E-state index contributed by atoms with van der Waals surface area (Å²) in [7, 11) is 0. The van der Waals surface area contributed by atoms with E-state index < -0.39 is 0 Å². The van der Waals surface area contributed by atoms with Gasteiger partial charge in [0.15, 0.2) is 0 Å². The van der Waals surface area contributed by atoms with Crippen LogP contribution in [0.15, 0.2) is 24.3 Å². The van der Waals surface area contributed by atoms with Crippen LogP contribution < -0.4 is 4.42 Å². The van der Waals surface area contributed by atoms with E-state index in [0.29, 0.717) is 10.7 Å². The lowest BCUT2D eigenvalue weighted by Gasteiger charge is -2.11. The summed E-state index contributed by atoms with van der Waals surface area (Å²) in [5.74, 6) is -0.259. The third kappa shape index (κ3) is 1.90. The lowest BCUT2D eigenvalue weighted by atomic mass is 10.3. The van der Waals surface area contributed by atoms with Crippen LogP contribution >= 0.6 is 23.4 Å². The second kappa shape index (κ2) is 3.78. The molecule has 1 rings (SSSR count). The molecule has 0 fully saturated rings. The number of carbonyl (C=O) groups excluding carboxylic acids is 1. The number of anilines is 1. The second-order valence-corrected chi connectivity index (χ2v) is 3.00.